The Morgan fingerprint density at radius 1 is 1.37 bits per heavy atom. The van der Waals surface area contributed by atoms with Crippen LogP contribution in [0.1, 0.15) is 43.5 Å². The van der Waals surface area contributed by atoms with E-state index in [1.807, 2.05) is 0 Å². The molecule has 3 nitrogen and oxygen atoms in total. The van der Waals surface area contributed by atoms with Gasteiger partial charge in [-0.1, -0.05) is 26.7 Å². The minimum Gasteiger partial charge on any atom is -0.398 e. The van der Waals surface area contributed by atoms with Gasteiger partial charge >= 0.3 is 0 Å². The van der Waals surface area contributed by atoms with Crippen LogP contribution in [-0.2, 0) is 0 Å². The number of rotatable bonds is 2. The summed E-state index contributed by atoms with van der Waals surface area (Å²) < 4.78 is 13.0. The minimum absolute atomic E-state index is 0.181. The van der Waals surface area contributed by atoms with Gasteiger partial charge in [-0.15, -0.1) is 0 Å². The Bertz CT molecular complexity index is 475. The Labute approximate surface area is 113 Å². The van der Waals surface area contributed by atoms with Crippen molar-refractivity contribution >= 4 is 11.6 Å². The smallest absolute Gasteiger partial charge is 0.253 e. The lowest BCUT2D eigenvalue weighted by atomic mass is 9.78. The first-order valence-corrected chi connectivity index (χ1v) is 6.85. The molecule has 19 heavy (non-hydrogen) atoms. The van der Waals surface area contributed by atoms with E-state index in [9.17, 15) is 9.18 Å². The summed E-state index contributed by atoms with van der Waals surface area (Å²) in [6.45, 7) is 4.39. The number of nitrogens with one attached hydrogen (secondary N) is 1. The van der Waals surface area contributed by atoms with Crippen LogP contribution in [0.5, 0.6) is 0 Å². The topological polar surface area (TPSA) is 55.1 Å². The summed E-state index contributed by atoms with van der Waals surface area (Å²) in [6, 6.07) is 4.07. The van der Waals surface area contributed by atoms with Crippen molar-refractivity contribution < 1.29 is 9.18 Å². The second kappa shape index (κ2) is 5.59. The molecule has 1 aromatic carbocycles. The van der Waals surface area contributed by atoms with E-state index >= 15 is 0 Å². The summed E-state index contributed by atoms with van der Waals surface area (Å²) in [6.07, 6.45) is 3.35. The summed E-state index contributed by atoms with van der Waals surface area (Å²) in [7, 11) is 0. The lowest BCUT2D eigenvalue weighted by molar-refractivity contribution is 0.0892. The van der Waals surface area contributed by atoms with Crippen LogP contribution in [0.3, 0.4) is 0 Å². The molecule has 3 N–H and O–H groups in total. The van der Waals surface area contributed by atoms with E-state index in [-0.39, 0.29) is 17.6 Å². The number of hydrogen-bond acceptors (Lipinski definition) is 2. The summed E-state index contributed by atoms with van der Waals surface area (Å²) in [5, 5.41) is 3.03. The van der Waals surface area contributed by atoms with Gasteiger partial charge in [-0.25, -0.2) is 4.39 Å². The molecule has 0 spiro atoms. The van der Waals surface area contributed by atoms with Gasteiger partial charge in [0.15, 0.2) is 0 Å². The van der Waals surface area contributed by atoms with Crippen molar-refractivity contribution in [1.29, 1.82) is 0 Å². The van der Waals surface area contributed by atoms with Crippen molar-refractivity contribution in [3.8, 4) is 0 Å². The molecule has 1 aliphatic rings. The van der Waals surface area contributed by atoms with Gasteiger partial charge in [-0.05, 0) is 36.5 Å². The van der Waals surface area contributed by atoms with Gasteiger partial charge in [0.05, 0.1) is 5.56 Å². The number of nitrogens with two attached hydrogens (primary N) is 1. The molecule has 0 aliphatic heterocycles. The van der Waals surface area contributed by atoms with Gasteiger partial charge < -0.3 is 11.1 Å². The molecule has 2 rings (SSSR count). The fourth-order valence-electron chi connectivity index (χ4n) is 2.77. The second-order valence-corrected chi connectivity index (χ2v) is 5.58. The third-order valence-corrected chi connectivity index (χ3v) is 4.28. The van der Waals surface area contributed by atoms with E-state index in [2.05, 4.69) is 19.2 Å². The highest BCUT2D eigenvalue weighted by Crippen LogP contribution is 2.29. The van der Waals surface area contributed by atoms with Crippen LogP contribution < -0.4 is 11.1 Å². The van der Waals surface area contributed by atoms with Crippen molar-refractivity contribution in [2.24, 2.45) is 11.8 Å². The van der Waals surface area contributed by atoms with E-state index in [0.29, 0.717) is 17.4 Å². The number of benzene rings is 1. The number of hydrogen-bond donors (Lipinski definition) is 2. The summed E-state index contributed by atoms with van der Waals surface area (Å²) >= 11 is 0. The fraction of sp³-hybridized carbons (Fsp3) is 0.533. The van der Waals surface area contributed by atoms with Crippen LogP contribution in [0.15, 0.2) is 18.2 Å². The maximum Gasteiger partial charge on any atom is 0.253 e. The molecule has 1 saturated carbocycles. The van der Waals surface area contributed by atoms with E-state index in [4.69, 9.17) is 5.73 Å². The maximum absolute atomic E-state index is 13.0. The van der Waals surface area contributed by atoms with Crippen LogP contribution in [-0.4, -0.2) is 11.9 Å². The molecule has 0 saturated heterocycles. The van der Waals surface area contributed by atoms with E-state index < -0.39 is 5.82 Å². The van der Waals surface area contributed by atoms with Crippen LogP contribution in [0.2, 0.25) is 0 Å². The van der Waals surface area contributed by atoms with Crippen molar-refractivity contribution in [2.75, 3.05) is 5.73 Å². The molecule has 0 aromatic heterocycles. The highest BCUT2D eigenvalue weighted by atomic mass is 19.1. The van der Waals surface area contributed by atoms with Crippen molar-refractivity contribution in [3.05, 3.63) is 29.6 Å². The fourth-order valence-corrected chi connectivity index (χ4v) is 2.77. The maximum atomic E-state index is 13.0. The van der Waals surface area contributed by atoms with Gasteiger partial charge in [0.25, 0.3) is 5.91 Å². The van der Waals surface area contributed by atoms with Gasteiger partial charge in [0.1, 0.15) is 5.82 Å². The highest BCUT2D eigenvalue weighted by molar-refractivity contribution is 5.99. The molecule has 3 atom stereocenters. The zero-order valence-electron chi connectivity index (χ0n) is 11.4. The molecule has 0 heterocycles. The first kappa shape index (κ1) is 13.8. The minimum atomic E-state index is -0.422. The Hall–Kier alpha value is -1.58. The van der Waals surface area contributed by atoms with E-state index in [1.54, 1.807) is 0 Å². The largest absolute Gasteiger partial charge is 0.398 e. The van der Waals surface area contributed by atoms with Crippen molar-refractivity contribution in [3.63, 3.8) is 0 Å². The van der Waals surface area contributed by atoms with Gasteiger partial charge in [0.2, 0.25) is 0 Å². The SMILES string of the molecule is CC1CCCC(NC(=O)c2ccc(F)cc2N)C1C. The van der Waals surface area contributed by atoms with Crippen LogP contribution in [0.25, 0.3) is 0 Å². The lowest BCUT2D eigenvalue weighted by Gasteiger charge is -2.34. The quantitative estimate of drug-likeness (QED) is 0.807. The van der Waals surface area contributed by atoms with E-state index in [1.165, 1.54) is 24.6 Å². The third-order valence-electron chi connectivity index (χ3n) is 4.28. The lowest BCUT2D eigenvalue weighted by Crippen LogP contribution is -2.43. The molecule has 1 amide bonds. The highest BCUT2D eigenvalue weighted by Gasteiger charge is 2.28. The van der Waals surface area contributed by atoms with E-state index in [0.717, 1.165) is 12.8 Å². The summed E-state index contributed by atoms with van der Waals surface area (Å²) in [4.78, 5) is 12.2. The molecular weight excluding hydrogens is 243 g/mol. The Morgan fingerprint density at radius 2 is 2.11 bits per heavy atom. The van der Waals surface area contributed by atoms with Crippen molar-refractivity contribution in [1.82, 2.24) is 5.32 Å². The molecular formula is C15H21FN2O. The molecule has 1 aromatic rings. The Kier molecular flexibility index (Phi) is 4.08. The zero-order chi connectivity index (χ0) is 14.0. The molecule has 3 unspecified atom stereocenters. The number of amides is 1. The number of nitrogen functional groups attached to an aromatic ring is 1. The average Bonchev–Trinajstić information content (AvgIpc) is 2.34. The van der Waals surface area contributed by atoms with Crippen molar-refractivity contribution in [2.45, 2.75) is 39.2 Å². The van der Waals surface area contributed by atoms with Crippen LogP contribution in [0, 0.1) is 17.7 Å². The van der Waals surface area contributed by atoms with Gasteiger partial charge in [-0.2, -0.15) is 0 Å². The Morgan fingerprint density at radius 3 is 2.79 bits per heavy atom. The molecule has 0 radical (unpaired) electrons. The number of carbonyl (C=O) groups excluding carboxylic acids is 1. The normalized spacial score (nSPS) is 27.0. The van der Waals surface area contributed by atoms with Crippen LogP contribution in [0.4, 0.5) is 10.1 Å². The number of anilines is 1. The predicted molar refractivity (Wildman–Crippen MR) is 74.2 cm³/mol. The second-order valence-electron chi connectivity index (χ2n) is 5.58. The standard InChI is InChI=1S/C15H21FN2O/c1-9-4-3-5-14(10(9)2)18-15(19)12-7-6-11(16)8-13(12)17/h6-10,14H,3-5,17H2,1-2H3,(H,18,19). The summed E-state index contributed by atoms with van der Waals surface area (Å²) in [5.41, 5.74) is 6.23. The summed E-state index contributed by atoms with van der Waals surface area (Å²) in [5.74, 6) is 0.446. The zero-order valence-corrected chi connectivity index (χ0v) is 11.4. The number of halogens is 1. The predicted octanol–water partition coefficient (Wildman–Crippen LogP) is 2.96. The molecule has 1 fully saturated rings. The molecule has 104 valence electrons. The van der Waals surface area contributed by atoms with Crippen LogP contribution >= 0.6 is 0 Å². The third kappa shape index (κ3) is 3.06. The van der Waals surface area contributed by atoms with Gasteiger partial charge in [0, 0.05) is 11.7 Å². The molecule has 4 heteroatoms. The van der Waals surface area contributed by atoms with Gasteiger partial charge in [-0.3, -0.25) is 4.79 Å². The first-order valence-electron chi connectivity index (χ1n) is 6.85. The molecule has 1 aliphatic carbocycles. The monoisotopic (exact) mass is 264 g/mol. The first-order chi connectivity index (χ1) is 8.99. The Balaban J connectivity index is 2.08. The average molecular weight is 264 g/mol. The number of carbonyl (C=O) groups is 1. The molecule has 0 bridgehead atoms.